The number of halogens is 1. The van der Waals surface area contributed by atoms with Crippen molar-refractivity contribution in [1.82, 2.24) is 9.97 Å². The smallest absolute Gasteiger partial charge is 0.274 e. The number of carbonyl (C=O) groups excluding carboxylic acids is 1. The Kier molecular flexibility index (Phi) is 5.81. The second-order valence-electron chi connectivity index (χ2n) is 5.89. The van der Waals surface area contributed by atoms with Gasteiger partial charge in [0.25, 0.3) is 5.91 Å². The van der Waals surface area contributed by atoms with Gasteiger partial charge in [-0.25, -0.2) is 4.98 Å². The Balaban J connectivity index is 1.58. The van der Waals surface area contributed by atoms with Gasteiger partial charge in [0.1, 0.15) is 5.69 Å². The Morgan fingerprint density at radius 1 is 1.08 bits per heavy atom. The van der Waals surface area contributed by atoms with Crippen LogP contribution in [0.1, 0.15) is 16.1 Å². The third-order valence-electron chi connectivity index (χ3n) is 4.01. The maximum Gasteiger partial charge on any atom is 0.274 e. The highest BCUT2D eigenvalue weighted by atomic mass is 35.5. The highest BCUT2D eigenvalue weighted by molar-refractivity contribution is 6.30. The topological polar surface area (TPSA) is 58.1 Å². The number of amides is 1. The number of hydrogen-bond acceptors (Lipinski definition) is 4. The predicted molar refractivity (Wildman–Crippen MR) is 105 cm³/mol. The van der Waals surface area contributed by atoms with Gasteiger partial charge in [0.2, 0.25) is 0 Å². The average molecular weight is 367 g/mol. The Hall–Kier alpha value is -2.92. The number of aromatic nitrogens is 2. The summed E-state index contributed by atoms with van der Waals surface area (Å²) in [6.45, 7) is 0.849. The molecule has 132 valence electrons. The Labute approximate surface area is 157 Å². The molecule has 26 heavy (non-hydrogen) atoms. The maximum absolute atomic E-state index is 12.3. The molecule has 0 radical (unpaired) electrons. The fraction of sp³-hybridized carbons (Fsp3) is 0.150. The lowest BCUT2D eigenvalue weighted by Crippen LogP contribution is -2.21. The lowest BCUT2D eigenvalue weighted by molar-refractivity contribution is 0.102. The first-order chi connectivity index (χ1) is 12.6. The molecule has 1 aromatic carbocycles. The molecule has 2 aromatic heterocycles. The highest BCUT2D eigenvalue weighted by Crippen LogP contribution is 2.16. The van der Waals surface area contributed by atoms with Gasteiger partial charge >= 0.3 is 0 Å². The number of carbonyl (C=O) groups is 1. The zero-order valence-electron chi connectivity index (χ0n) is 14.4. The molecule has 0 spiro atoms. The van der Waals surface area contributed by atoms with Crippen LogP contribution in [0.15, 0.2) is 67.1 Å². The van der Waals surface area contributed by atoms with Crippen molar-refractivity contribution in [3.05, 3.63) is 83.4 Å². The molecule has 0 aliphatic carbocycles. The summed E-state index contributed by atoms with van der Waals surface area (Å²) >= 11 is 5.84. The van der Waals surface area contributed by atoms with E-state index in [1.807, 2.05) is 25.2 Å². The largest absolute Gasteiger partial charge is 0.373 e. The van der Waals surface area contributed by atoms with Crippen molar-refractivity contribution in [2.24, 2.45) is 0 Å². The monoisotopic (exact) mass is 366 g/mol. The fourth-order valence-electron chi connectivity index (χ4n) is 2.45. The minimum Gasteiger partial charge on any atom is -0.373 e. The number of nitrogens with one attached hydrogen (secondary N) is 1. The van der Waals surface area contributed by atoms with Gasteiger partial charge in [-0.05, 0) is 60.5 Å². The van der Waals surface area contributed by atoms with Crippen molar-refractivity contribution >= 4 is 28.9 Å². The lowest BCUT2D eigenvalue weighted by Gasteiger charge is -2.19. The molecule has 0 bridgehead atoms. The van der Waals surface area contributed by atoms with E-state index >= 15 is 0 Å². The van der Waals surface area contributed by atoms with E-state index in [1.165, 1.54) is 5.56 Å². The summed E-state index contributed by atoms with van der Waals surface area (Å²) in [6.07, 6.45) is 6.22. The first-order valence-corrected chi connectivity index (χ1v) is 8.62. The first-order valence-electron chi connectivity index (χ1n) is 8.25. The SMILES string of the molecule is CN(CCc1ccncc1)c1ccc(C(=O)Nc2ccc(Cl)cc2)nc1. The van der Waals surface area contributed by atoms with Gasteiger partial charge in [0.15, 0.2) is 0 Å². The standard InChI is InChI=1S/C20H19ClN4O/c1-25(13-10-15-8-11-22-12-9-15)18-6-7-19(23-14-18)20(26)24-17-4-2-16(21)3-5-17/h2-9,11-12,14H,10,13H2,1H3,(H,24,26). The van der Waals surface area contributed by atoms with Crippen LogP contribution in [-0.4, -0.2) is 29.5 Å². The minimum atomic E-state index is -0.252. The predicted octanol–water partition coefficient (Wildman–Crippen LogP) is 4.06. The van der Waals surface area contributed by atoms with Crippen molar-refractivity contribution in [2.45, 2.75) is 6.42 Å². The van der Waals surface area contributed by atoms with Crippen molar-refractivity contribution in [3.63, 3.8) is 0 Å². The molecule has 6 heteroatoms. The number of anilines is 2. The van der Waals surface area contributed by atoms with Gasteiger partial charge in [0.05, 0.1) is 11.9 Å². The summed E-state index contributed by atoms with van der Waals surface area (Å²) in [5, 5.41) is 3.43. The van der Waals surface area contributed by atoms with Crippen LogP contribution in [0.4, 0.5) is 11.4 Å². The maximum atomic E-state index is 12.3. The average Bonchev–Trinajstić information content (AvgIpc) is 2.69. The number of nitrogens with zero attached hydrogens (tertiary/aromatic N) is 3. The number of hydrogen-bond donors (Lipinski definition) is 1. The van der Waals surface area contributed by atoms with Crippen LogP contribution in [0.25, 0.3) is 0 Å². The molecule has 3 rings (SSSR count). The number of benzene rings is 1. The van der Waals surface area contributed by atoms with Crippen molar-refractivity contribution in [1.29, 1.82) is 0 Å². The summed E-state index contributed by atoms with van der Waals surface area (Å²) in [7, 11) is 2.01. The molecule has 0 saturated carbocycles. The van der Waals surface area contributed by atoms with Crippen LogP contribution in [0.5, 0.6) is 0 Å². The molecule has 0 unspecified atom stereocenters. The van der Waals surface area contributed by atoms with E-state index in [0.29, 0.717) is 16.4 Å². The minimum absolute atomic E-state index is 0.252. The molecule has 0 fully saturated rings. The zero-order valence-corrected chi connectivity index (χ0v) is 15.1. The molecule has 0 atom stereocenters. The number of rotatable bonds is 6. The number of pyridine rings is 2. The summed E-state index contributed by atoms with van der Waals surface area (Å²) in [6, 6.07) is 14.6. The van der Waals surface area contributed by atoms with Crippen LogP contribution in [0.2, 0.25) is 5.02 Å². The van der Waals surface area contributed by atoms with Gasteiger partial charge in [-0.3, -0.25) is 9.78 Å². The Bertz CT molecular complexity index is 851. The van der Waals surface area contributed by atoms with Crippen LogP contribution >= 0.6 is 11.6 Å². The molecule has 1 amide bonds. The van der Waals surface area contributed by atoms with E-state index in [2.05, 4.69) is 20.2 Å². The highest BCUT2D eigenvalue weighted by Gasteiger charge is 2.09. The van der Waals surface area contributed by atoms with E-state index in [1.54, 1.807) is 48.9 Å². The van der Waals surface area contributed by atoms with Gasteiger partial charge in [-0.1, -0.05) is 11.6 Å². The van der Waals surface area contributed by atoms with Crippen molar-refractivity contribution in [2.75, 3.05) is 23.8 Å². The van der Waals surface area contributed by atoms with Gasteiger partial charge in [-0.2, -0.15) is 0 Å². The molecule has 0 saturated heterocycles. The fourth-order valence-corrected chi connectivity index (χ4v) is 2.58. The molecule has 2 heterocycles. The molecular formula is C20H19ClN4O. The van der Waals surface area contributed by atoms with Gasteiger partial charge < -0.3 is 10.2 Å². The van der Waals surface area contributed by atoms with Crippen molar-refractivity contribution in [3.8, 4) is 0 Å². The molecule has 0 aliphatic rings. The van der Waals surface area contributed by atoms with Crippen molar-refractivity contribution < 1.29 is 4.79 Å². The zero-order chi connectivity index (χ0) is 18.4. The van der Waals surface area contributed by atoms with Crippen LogP contribution in [-0.2, 0) is 6.42 Å². The summed E-state index contributed by atoms with van der Waals surface area (Å²) in [4.78, 5) is 22.7. The first kappa shape index (κ1) is 17.9. The lowest BCUT2D eigenvalue weighted by atomic mass is 10.2. The van der Waals surface area contributed by atoms with Gasteiger partial charge in [-0.15, -0.1) is 0 Å². The summed E-state index contributed by atoms with van der Waals surface area (Å²) in [5.74, 6) is -0.252. The normalized spacial score (nSPS) is 10.4. The quantitative estimate of drug-likeness (QED) is 0.714. The van der Waals surface area contributed by atoms with E-state index < -0.39 is 0 Å². The van der Waals surface area contributed by atoms with E-state index in [-0.39, 0.29) is 5.91 Å². The van der Waals surface area contributed by atoms with Crippen LogP contribution in [0, 0.1) is 0 Å². The molecular weight excluding hydrogens is 348 g/mol. The third-order valence-corrected chi connectivity index (χ3v) is 4.26. The molecule has 1 N–H and O–H groups in total. The second kappa shape index (κ2) is 8.45. The van der Waals surface area contributed by atoms with E-state index in [4.69, 9.17) is 11.6 Å². The van der Waals surface area contributed by atoms with Crippen LogP contribution in [0.3, 0.4) is 0 Å². The van der Waals surface area contributed by atoms with E-state index in [0.717, 1.165) is 18.7 Å². The second-order valence-corrected chi connectivity index (χ2v) is 6.33. The molecule has 0 aliphatic heterocycles. The summed E-state index contributed by atoms with van der Waals surface area (Å²) < 4.78 is 0. The van der Waals surface area contributed by atoms with E-state index in [9.17, 15) is 4.79 Å². The Morgan fingerprint density at radius 2 is 1.81 bits per heavy atom. The van der Waals surface area contributed by atoms with Crippen LogP contribution < -0.4 is 10.2 Å². The third kappa shape index (κ3) is 4.80. The number of likely N-dealkylation sites (N-methyl/N-ethyl adjacent to an activating group) is 1. The summed E-state index contributed by atoms with van der Waals surface area (Å²) in [5.41, 5.74) is 3.24. The Morgan fingerprint density at radius 3 is 2.46 bits per heavy atom. The van der Waals surface area contributed by atoms with Gasteiger partial charge in [0, 0.05) is 36.7 Å². The molecule has 3 aromatic rings. The molecule has 5 nitrogen and oxygen atoms in total.